The average molecular weight is 442 g/mol. The molecular formula is C24H31N3O5. The normalized spacial score (nSPS) is 11.9. The molecule has 0 saturated carbocycles. The van der Waals surface area contributed by atoms with Crippen molar-refractivity contribution in [3.63, 3.8) is 0 Å². The first-order chi connectivity index (χ1) is 15.3. The van der Waals surface area contributed by atoms with E-state index in [1.165, 1.54) is 12.3 Å². The molecule has 8 nitrogen and oxygen atoms in total. The van der Waals surface area contributed by atoms with E-state index < -0.39 is 17.9 Å². The van der Waals surface area contributed by atoms with Crippen LogP contribution in [0.5, 0.6) is 17.2 Å². The number of phenols is 1. The first-order valence-corrected chi connectivity index (χ1v) is 10.6. The van der Waals surface area contributed by atoms with Crippen molar-refractivity contribution in [1.82, 2.24) is 10.7 Å². The third kappa shape index (κ3) is 7.94. The van der Waals surface area contributed by atoms with Gasteiger partial charge in [-0.15, -0.1) is 0 Å². The Morgan fingerprint density at radius 3 is 2.56 bits per heavy atom. The number of hydrogen-bond donors (Lipinski definition) is 3. The van der Waals surface area contributed by atoms with Gasteiger partial charge in [-0.25, -0.2) is 5.43 Å². The van der Waals surface area contributed by atoms with Crippen LogP contribution in [-0.2, 0) is 9.59 Å². The molecule has 0 spiro atoms. The second-order valence-electron chi connectivity index (χ2n) is 7.70. The second kappa shape index (κ2) is 12.3. The highest BCUT2D eigenvalue weighted by molar-refractivity contribution is 5.89. The average Bonchev–Trinajstić information content (AvgIpc) is 2.74. The quantitative estimate of drug-likeness (QED) is 0.367. The number of hydrogen-bond acceptors (Lipinski definition) is 6. The summed E-state index contributed by atoms with van der Waals surface area (Å²) in [6.07, 6.45) is 1.89. The van der Waals surface area contributed by atoms with Gasteiger partial charge in [0.2, 0.25) is 0 Å². The molecule has 1 atom stereocenters. The molecule has 0 aromatic heterocycles. The van der Waals surface area contributed by atoms with Crippen LogP contribution >= 0.6 is 0 Å². The summed E-state index contributed by atoms with van der Waals surface area (Å²) in [5.74, 6) is 0.346. The number of benzene rings is 2. The zero-order valence-corrected chi connectivity index (χ0v) is 18.9. The van der Waals surface area contributed by atoms with Crippen molar-refractivity contribution in [1.29, 1.82) is 0 Å². The van der Waals surface area contributed by atoms with Crippen molar-refractivity contribution in [2.24, 2.45) is 11.0 Å². The summed E-state index contributed by atoms with van der Waals surface area (Å²) in [5.41, 5.74) is 4.03. The van der Waals surface area contributed by atoms with Crippen LogP contribution < -0.4 is 20.2 Å². The molecule has 2 aromatic carbocycles. The number of ether oxygens (including phenoxy) is 2. The SMILES string of the molecule is CCOc1cc(/C=N\NC(=O)[C@H](CC(C)C)NC(=O)COc2ccccc2C)ccc1O. The van der Waals surface area contributed by atoms with E-state index in [4.69, 9.17) is 9.47 Å². The van der Waals surface area contributed by atoms with Crippen LogP contribution in [0, 0.1) is 12.8 Å². The lowest BCUT2D eigenvalue weighted by Crippen LogP contribution is -2.47. The molecule has 2 aromatic rings. The number of carbonyl (C=O) groups is 2. The Labute approximate surface area is 188 Å². The minimum atomic E-state index is -0.751. The lowest BCUT2D eigenvalue weighted by Gasteiger charge is -2.19. The van der Waals surface area contributed by atoms with Crippen molar-refractivity contribution in [2.75, 3.05) is 13.2 Å². The van der Waals surface area contributed by atoms with Crippen molar-refractivity contribution >= 4 is 18.0 Å². The summed E-state index contributed by atoms with van der Waals surface area (Å²) in [6, 6.07) is 11.4. The first kappa shape index (κ1) is 24.7. The van der Waals surface area contributed by atoms with Crippen molar-refractivity contribution in [3.05, 3.63) is 53.6 Å². The molecule has 0 fully saturated rings. The summed E-state index contributed by atoms with van der Waals surface area (Å²) in [5, 5.41) is 16.4. The molecule has 0 radical (unpaired) electrons. The third-order valence-electron chi connectivity index (χ3n) is 4.48. The van der Waals surface area contributed by atoms with Gasteiger partial charge in [-0.3, -0.25) is 9.59 Å². The standard InChI is InChI=1S/C24H31N3O5/c1-5-31-22-13-18(10-11-20(22)28)14-25-27-24(30)19(12-16(2)3)26-23(29)15-32-21-9-7-6-8-17(21)4/h6-11,13-14,16,19,28H,5,12,15H2,1-4H3,(H,26,29)(H,27,30)/b25-14-/t19-/m0/s1. The summed E-state index contributed by atoms with van der Waals surface area (Å²) < 4.78 is 10.9. The van der Waals surface area contributed by atoms with Gasteiger partial charge in [0.15, 0.2) is 18.1 Å². The summed E-state index contributed by atoms with van der Waals surface area (Å²) >= 11 is 0. The minimum Gasteiger partial charge on any atom is -0.504 e. The molecule has 0 aliphatic heterocycles. The van der Waals surface area contributed by atoms with Crippen LogP contribution in [0.2, 0.25) is 0 Å². The number of hydrazone groups is 1. The van der Waals surface area contributed by atoms with Crippen LogP contribution in [-0.4, -0.2) is 42.4 Å². The Balaban J connectivity index is 1.95. The largest absolute Gasteiger partial charge is 0.504 e. The molecule has 0 aliphatic carbocycles. The zero-order chi connectivity index (χ0) is 23.5. The first-order valence-electron chi connectivity index (χ1n) is 10.6. The van der Waals surface area contributed by atoms with Gasteiger partial charge < -0.3 is 19.9 Å². The maximum atomic E-state index is 12.6. The Morgan fingerprint density at radius 2 is 1.88 bits per heavy atom. The van der Waals surface area contributed by atoms with Gasteiger partial charge in [-0.2, -0.15) is 5.10 Å². The van der Waals surface area contributed by atoms with Crippen LogP contribution in [0.1, 0.15) is 38.3 Å². The minimum absolute atomic E-state index is 0.0284. The predicted molar refractivity (Wildman–Crippen MR) is 123 cm³/mol. The summed E-state index contributed by atoms with van der Waals surface area (Å²) in [7, 11) is 0. The van der Waals surface area contributed by atoms with Crippen LogP contribution in [0.15, 0.2) is 47.6 Å². The molecule has 3 N–H and O–H groups in total. The van der Waals surface area contributed by atoms with E-state index in [1.54, 1.807) is 18.2 Å². The molecule has 0 bridgehead atoms. The Bertz CT molecular complexity index is 943. The van der Waals surface area contributed by atoms with Gasteiger partial charge in [-0.1, -0.05) is 32.0 Å². The molecule has 0 heterocycles. The highest BCUT2D eigenvalue weighted by atomic mass is 16.5. The van der Waals surface area contributed by atoms with E-state index in [1.807, 2.05) is 45.9 Å². The van der Waals surface area contributed by atoms with Crippen molar-refractivity contribution in [2.45, 2.75) is 40.2 Å². The van der Waals surface area contributed by atoms with Crippen molar-refractivity contribution in [3.8, 4) is 17.2 Å². The number of nitrogens with zero attached hydrogens (tertiary/aromatic N) is 1. The van der Waals surface area contributed by atoms with E-state index >= 15 is 0 Å². The lowest BCUT2D eigenvalue weighted by molar-refractivity contribution is -0.130. The predicted octanol–water partition coefficient (Wildman–Crippen LogP) is 3.16. The molecule has 2 amide bonds. The highest BCUT2D eigenvalue weighted by Crippen LogP contribution is 2.26. The number of amides is 2. The third-order valence-corrected chi connectivity index (χ3v) is 4.48. The van der Waals surface area contributed by atoms with Gasteiger partial charge in [0, 0.05) is 0 Å². The van der Waals surface area contributed by atoms with E-state index in [0.29, 0.717) is 30.1 Å². The van der Waals surface area contributed by atoms with E-state index in [-0.39, 0.29) is 18.3 Å². The number of carbonyl (C=O) groups excluding carboxylic acids is 2. The maximum Gasteiger partial charge on any atom is 0.262 e. The zero-order valence-electron chi connectivity index (χ0n) is 18.9. The van der Waals surface area contributed by atoms with Gasteiger partial charge in [0.1, 0.15) is 11.8 Å². The Kier molecular flexibility index (Phi) is 9.53. The summed E-state index contributed by atoms with van der Waals surface area (Å²) in [6.45, 7) is 7.86. The number of phenolic OH excluding ortho intramolecular Hbond substituents is 1. The number of nitrogens with one attached hydrogen (secondary N) is 2. The Hall–Kier alpha value is -3.55. The van der Waals surface area contributed by atoms with E-state index in [0.717, 1.165) is 5.56 Å². The molecule has 2 rings (SSSR count). The fourth-order valence-corrected chi connectivity index (χ4v) is 2.93. The van der Waals surface area contributed by atoms with Gasteiger partial charge in [0.25, 0.3) is 11.8 Å². The van der Waals surface area contributed by atoms with Gasteiger partial charge in [-0.05, 0) is 61.6 Å². The van der Waals surface area contributed by atoms with Crippen molar-refractivity contribution < 1.29 is 24.2 Å². The molecule has 172 valence electrons. The van der Waals surface area contributed by atoms with Crippen LogP contribution in [0.25, 0.3) is 0 Å². The molecule has 0 aliphatic rings. The topological polar surface area (TPSA) is 109 Å². The van der Waals surface area contributed by atoms with E-state index in [9.17, 15) is 14.7 Å². The number of aryl methyl sites for hydroxylation is 1. The highest BCUT2D eigenvalue weighted by Gasteiger charge is 2.22. The second-order valence-corrected chi connectivity index (χ2v) is 7.70. The number of rotatable bonds is 11. The fraction of sp³-hybridized carbons (Fsp3) is 0.375. The molecule has 0 unspecified atom stereocenters. The van der Waals surface area contributed by atoms with Gasteiger partial charge in [0.05, 0.1) is 12.8 Å². The monoisotopic (exact) mass is 441 g/mol. The maximum absolute atomic E-state index is 12.6. The number of aromatic hydroxyl groups is 1. The number of para-hydroxylation sites is 1. The Morgan fingerprint density at radius 1 is 1.12 bits per heavy atom. The summed E-state index contributed by atoms with van der Waals surface area (Å²) in [4.78, 5) is 25.0. The van der Waals surface area contributed by atoms with Gasteiger partial charge >= 0.3 is 0 Å². The van der Waals surface area contributed by atoms with Crippen LogP contribution in [0.4, 0.5) is 0 Å². The lowest BCUT2D eigenvalue weighted by atomic mass is 10.0. The fourth-order valence-electron chi connectivity index (χ4n) is 2.93. The molecular weight excluding hydrogens is 410 g/mol. The molecule has 32 heavy (non-hydrogen) atoms. The van der Waals surface area contributed by atoms with Crippen LogP contribution in [0.3, 0.4) is 0 Å². The smallest absolute Gasteiger partial charge is 0.262 e. The molecule has 8 heteroatoms. The molecule has 0 saturated heterocycles. The van der Waals surface area contributed by atoms with E-state index in [2.05, 4.69) is 15.8 Å².